The van der Waals surface area contributed by atoms with Gasteiger partial charge in [0.2, 0.25) is 10.0 Å². The van der Waals surface area contributed by atoms with Crippen LogP contribution in [0.4, 0.5) is 5.69 Å². The zero-order valence-electron chi connectivity index (χ0n) is 10.8. The number of aliphatic hydroxyl groups is 1. The molecule has 1 aromatic carbocycles. The lowest BCUT2D eigenvalue weighted by atomic mass is 10.0. The fraction of sp³-hybridized carbons (Fsp3) is 0.500. The molecule has 0 aromatic heterocycles. The van der Waals surface area contributed by atoms with E-state index in [1.807, 2.05) is 6.92 Å². The molecule has 0 amide bonds. The number of para-hydroxylation sites is 1. The summed E-state index contributed by atoms with van der Waals surface area (Å²) in [4.78, 5) is 0.144. The van der Waals surface area contributed by atoms with Crippen molar-refractivity contribution in [1.82, 2.24) is 4.31 Å². The van der Waals surface area contributed by atoms with Crippen LogP contribution >= 0.6 is 0 Å². The lowest BCUT2D eigenvalue weighted by Crippen LogP contribution is -2.40. The molecule has 2 atom stereocenters. The van der Waals surface area contributed by atoms with E-state index >= 15 is 0 Å². The third-order valence-corrected chi connectivity index (χ3v) is 5.63. The van der Waals surface area contributed by atoms with Crippen LogP contribution in [0.3, 0.4) is 0 Å². The highest BCUT2D eigenvalue weighted by molar-refractivity contribution is 7.89. The number of aliphatic hydroxyl groups excluding tert-OH is 1. The number of hydrazine groups is 1. The molecule has 106 valence electrons. The maximum absolute atomic E-state index is 12.6. The summed E-state index contributed by atoms with van der Waals surface area (Å²) in [5.74, 6) is 5.51. The number of benzene rings is 1. The van der Waals surface area contributed by atoms with Crippen molar-refractivity contribution in [3.05, 3.63) is 24.3 Å². The maximum Gasteiger partial charge on any atom is 0.245 e. The first-order valence-electron chi connectivity index (χ1n) is 6.20. The van der Waals surface area contributed by atoms with Gasteiger partial charge in [0.1, 0.15) is 4.90 Å². The molecule has 1 aromatic rings. The van der Waals surface area contributed by atoms with E-state index in [1.54, 1.807) is 18.2 Å². The van der Waals surface area contributed by atoms with Crippen LogP contribution in [0, 0.1) is 5.92 Å². The zero-order valence-corrected chi connectivity index (χ0v) is 11.6. The van der Waals surface area contributed by atoms with Gasteiger partial charge >= 0.3 is 0 Å². The normalized spacial score (nSPS) is 24.6. The molecule has 7 heteroatoms. The number of nitrogens with two attached hydrogens (primary N) is 1. The number of rotatable bonds is 4. The van der Waals surface area contributed by atoms with Crippen molar-refractivity contribution in [2.45, 2.75) is 24.3 Å². The van der Waals surface area contributed by atoms with Crippen molar-refractivity contribution in [3.63, 3.8) is 0 Å². The average molecular weight is 285 g/mol. The van der Waals surface area contributed by atoms with Gasteiger partial charge in [0.25, 0.3) is 0 Å². The van der Waals surface area contributed by atoms with E-state index in [0.29, 0.717) is 12.2 Å². The van der Waals surface area contributed by atoms with E-state index in [1.165, 1.54) is 10.4 Å². The van der Waals surface area contributed by atoms with Crippen molar-refractivity contribution in [2.75, 3.05) is 18.6 Å². The molecule has 1 aliphatic heterocycles. The summed E-state index contributed by atoms with van der Waals surface area (Å²) in [5, 5.41) is 9.40. The zero-order chi connectivity index (χ0) is 14.0. The van der Waals surface area contributed by atoms with Crippen LogP contribution in [0.25, 0.3) is 0 Å². The number of anilines is 1. The molecule has 0 spiro atoms. The minimum Gasteiger partial charge on any atom is -0.395 e. The molecule has 1 fully saturated rings. The summed E-state index contributed by atoms with van der Waals surface area (Å²) in [6.45, 7) is 2.20. The number of sulfonamides is 1. The lowest BCUT2D eigenvalue weighted by Gasteiger charge is -2.25. The van der Waals surface area contributed by atoms with Crippen LogP contribution in [0.15, 0.2) is 29.2 Å². The van der Waals surface area contributed by atoms with E-state index in [0.717, 1.165) is 6.42 Å². The second-order valence-corrected chi connectivity index (χ2v) is 6.63. The van der Waals surface area contributed by atoms with Gasteiger partial charge in [-0.05, 0) is 24.5 Å². The quantitative estimate of drug-likeness (QED) is 0.548. The first-order valence-corrected chi connectivity index (χ1v) is 7.64. The van der Waals surface area contributed by atoms with Crippen molar-refractivity contribution in [1.29, 1.82) is 0 Å². The van der Waals surface area contributed by atoms with Crippen LogP contribution in [0.5, 0.6) is 0 Å². The summed E-state index contributed by atoms with van der Waals surface area (Å²) < 4.78 is 26.7. The first kappa shape index (κ1) is 14.3. The Kier molecular flexibility index (Phi) is 4.10. The number of nitrogens with zero attached hydrogens (tertiary/aromatic N) is 1. The van der Waals surface area contributed by atoms with Gasteiger partial charge in [-0.3, -0.25) is 5.84 Å². The van der Waals surface area contributed by atoms with E-state index in [-0.39, 0.29) is 23.5 Å². The molecule has 6 nitrogen and oxygen atoms in total. The van der Waals surface area contributed by atoms with Crippen LogP contribution in [-0.2, 0) is 10.0 Å². The average Bonchev–Trinajstić information content (AvgIpc) is 2.80. The SMILES string of the molecule is CC1CCN(S(=O)(=O)c2ccccc2NN)C1CO. The summed E-state index contributed by atoms with van der Waals surface area (Å²) in [6, 6.07) is 6.13. The predicted molar refractivity (Wildman–Crippen MR) is 72.8 cm³/mol. The van der Waals surface area contributed by atoms with Gasteiger partial charge in [-0.15, -0.1) is 0 Å². The highest BCUT2D eigenvalue weighted by atomic mass is 32.2. The number of nitrogens with one attached hydrogen (secondary N) is 1. The van der Waals surface area contributed by atoms with Crippen LogP contribution < -0.4 is 11.3 Å². The predicted octanol–water partition coefficient (Wildman–Crippen LogP) is 0.364. The molecule has 1 heterocycles. The molecule has 0 saturated carbocycles. The monoisotopic (exact) mass is 285 g/mol. The van der Waals surface area contributed by atoms with Crippen LogP contribution in [0.1, 0.15) is 13.3 Å². The Labute approximate surface area is 113 Å². The minimum atomic E-state index is -3.64. The number of hydrogen-bond acceptors (Lipinski definition) is 5. The minimum absolute atomic E-state index is 0.144. The Hall–Kier alpha value is -1.15. The van der Waals surface area contributed by atoms with Crippen molar-refractivity contribution >= 4 is 15.7 Å². The second-order valence-electron chi connectivity index (χ2n) is 4.77. The third kappa shape index (κ3) is 2.46. The number of hydrogen-bond donors (Lipinski definition) is 3. The van der Waals surface area contributed by atoms with E-state index < -0.39 is 10.0 Å². The van der Waals surface area contributed by atoms with Crippen molar-refractivity contribution < 1.29 is 13.5 Å². The Bertz CT molecular complexity index is 547. The van der Waals surface area contributed by atoms with Gasteiger partial charge in [0.05, 0.1) is 18.3 Å². The van der Waals surface area contributed by atoms with Gasteiger partial charge in [0, 0.05) is 6.54 Å². The second kappa shape index (κ2) is 5.46. The van der Waals surface area contributed by atoms with Gasteiger partial charge in [0.15, 0.2) is 0 Å². The molecule has 1 saturated heterocycles. The summed E-state index contributed by atoms with van der Waals surface area (Å²) >= 11 is 0. The smallest absolute Gasteiger partial charge is 0.245 e. The van der Waals surface area contributed by atoms with E-state index in [2.05, 4.69) is 5.43 Å². The Balaban J connectivity index is 2.43. The van der Waals surface area contributed by atoms with Crippen LogP contribution in [0.2, 0.25) is 0 Å². The summed E-state index contributed by atoms with van der Waals surface area (Å²) in [6.07, 6.45) is 0.753. The van der Waals surface area contributed by atoms with Gasteiger partial charge < -0.3 is 10.5 Å². The van der Waals surface area contributed by atoms with Gasteiger partial charge in [-0.1, -0.05) is 19.1 Å². The van der Waals surface area contributed by atoms with Crippen LogP contribution in [-0.4, -0.2) is 37.0 Å². The van der Waals surface area contributed by atoms with Crippen molar-refractivity contribution in [3.8, 4) is 0 Å². The molecule has 2 unspecified atom stereocenters. The molecule has 2 rings (SSSR count). The number of nitrogen functional groups attached to an aromatic ring is 1. The highest BCUT2D eigenvalue weighted by Crippen LogP contribution is 2.32. The van der Waals surface area contributed by atoms with E-state index in [9.17, 15) is 13.5 Å². The third-order valence-electron chi connectivity index (χ3n) is 3.65. The van der Waals surface area contributed by atoms with Gasteiger partial charge in [-0.2, -0.15) is 4.31 Å². The highest BCUT2D eigenvalue weighted by Gasteiger charge is 2.39. The Morgan fingerprint density at radius 3 is 2.79 bits per heavy atom. The Morgan fingerprint density at radius 1 is 1.47 bits per heavy atom. The maximum atomic E-state index is 12.6. The standard InChI is InChI=1S/C12H19N3O3S/c1-9-6-7-15(11(9)8-16)19(17,18)12-5-3-2-4-10(12)14-13/h2-5,9,11,14,16H,6-8,13H2,1H3. The molecular weight excluding hydrogens is 266 g/mol. The summed E-state index contributed by atoms with van der Waals surface area (Å²) in [7, 11) is -3.64. The van der Waals surface area contributed by atoms with Gasteiger partial charge in [-0.25, -0.2) is 8.42 Å². The van der Waals surface area contributed by atoms with E-state index in [4.69, 9.17) is 5.84 Å². The topological polar surface area (TPSA) is 95.7 Å². The molecule has 1 aliphatic rings. The molecule has 0 aliphatic carbocycles. The Morgan fingerprint density at radius 2 is 2.16 bits per heavy atom. The molecule has 0 radical (unpaired) electrons. The largest absolute Gasteiger partial charge is 0.395 e. The molecule has 0 bridgehead atoms. The molecular formula is C12H19N3O3S. The fourth-order valence-corrected chi connectivity index (χ4v) is 4.36. The lowest BCUT2D eigenvalue weighted by molar-refractivity contribution is 0.191. The molecule has 4 N–H and O–H groups in total. The fourth-order valence-electron chi connectivity index (χ4n) is 2.48. The summed E-state index contributed by atoms with van der Waals surface area (Å²) in [5.41, 5.74) is 2.76. The van der Waals surface area contributed by atoms with Crippen molar-refractivity contribution in [2.24, 2.45) is 11.8 Å². The molecule has 19 heavy (non-hydrogen) atoms. The first-order chi connectivity index (χ1) is 9.02.